The van der Waals surface area contributed by atoms with E-state index in [1.54, 1.807) is 37.3 Å². The van der Waals surface area contributed by atoms with E-state index >= 15 is 0 Å². The van der Waals surface area contributed by atoms with Crippen molar-refractivity contribution in [3.63, 3.8) is 0 Å². The average Bonchev–Trinajstić information content (AvgIpc) is 2.97. The molecule has 2 aromatic rings. The highest BCUT2D eigenvalue weighted by molar-refractivity contribution is 7.94. The molecule has 0 fully saturated rings. The van der Waals surface area contributed by atoms with E-state index in [0.717, 1.165) is 12.5 Å². The molecule has 1 aromatic carbocycles. The molecule has 0 aliphatic carbocycles. The highest BCUT2D eigenvalue weighted by Gasteiger charge is 2.15. The molecule has 0 spiro atoms. The zero-order valence-electron chi connectivity index (χ0n) is 15.2. The van der Waals surface area contributed by atoms with Gasteiger partial charge in [-0.2, -0.15) is 4.68 Å². The Morgan fingerprint density at radius 1 is 1.30 bits per heavy atom. The lowest BCUT2D eigenvalue weighted by atomic mass is 10.3. The van der Waals surface area contributed by atoms with Crippen molar-refractivity contribution in [1.82, 2.24) is 15.0 Å². The maximum absolute atomic E-state index is 11.6. The molecule has 0 aliphatic heterocycles. The lowest BCUT2D eigenvalue weighted by Crippen LogP contribution is -2.13. The third-order valence-electron chi connectivity index (χ3n) is 3.35. The minimum atomic E-state index is -3.55. The third-order valence-corrected chi connectivity index (χ3v) is 5.21. The van der Waals surface area contributed by atoms with Crippen molar-refractivity contribution in [2.75, 3.05) is 24.9 Å². The number of sulfone groups is 2. The van der Waals surface area contributed by atoms with E-state index in [9.17, 15) is 16.8 Å². The molecule has 0 radical (unpaired) electrons. The van der Waals surface area contributed by atoms with Crippen molar-refractivity contribution >= 4 is 36.5 Å². The van der Waals surface area contributed by atoms with Crippen molar-refractivity contribution in [2.24, 2.45) is 4.99 Å². The first kappa shape index (κ1) is 20.8. The van der Waals surface area contributed by atoms with E-state index in [-0.39, 0.29) is 23.2 Å². The van der Waals surface area contributed by atoms with Crippen LogP contribution in [0.4, 0.5) is 0 Å². The van der Waals surface area contributed by atoms with Crippen molar-refractivity contribution in [3.05, 3.63) is 42.0 Å². The number of aromatic nitrogens is 3. The Balaban J connectivity index is 2.46. The second kappa shape index (κ2) is 8.01. The molecule has 11 heteroatoms. The fourth-order valence-electron chi connectivity index (χ4n) is 2.02. The molecular weight excluding hydrogens is 392 g/mol. The van der Waals surface area contributed by atoms with Gasteiger partial charge >= 0.3 is 0 Å². The minimum Gasteiger partial charge on any atom is -0.490 e. The number of fused-ring (bicyclic) bond motifs is 1. The molecule has 0 bridgehead atoms. The summed E-state index contributed by atoms with van der Waals surface area (Å²) in [5.41, 5.74) is 0.915. The van der Waals surface area contributed by atoms with Crippen LogP contribution in [-0.4, -0.2) is 62.5 Å². The van der Waals surface area contributed by atoms with Crippen molar-refractivity contribution < 1.29 is 21.6 Å². The summed E-state index contributed by atoms with van der Waals surface area (Å²) in [6, 6.07) is 5.04. The summed E-state index contributed by atoms with van der Waals surface area (Å²) in [7, 11) is -6.71. The molecule has 0 saturated heterocycles. The fourth-order valence-corrected chi connectivity index (χ4v) is 2.67. The topological polar surface area (TPSA) is 121 Å². The standard InChI is InChI=1S/C16H20N4O5S2/c1-5-7-15(17-12(2)27(4,23)24)20-13-8-6-9-14(16(13)18-19-20)25-10-11-26(3,21)22/h5-9H,2,10-11H2,1,3-4H3/b7-5-,17-15+. The van der Waals surface area contributed by atoms with Gasteiger partial charge in [-0.05, 0) is 25.1 Å². The molecule has 0 amide bonds. The number of aliphatic imine (C=N–C) groups is 1. The Kier molecular flexibility index (Phi) is 6.16. The minimum absolute atomic E-state index is 0.0223. The zero-order valence-corrected chi connectivity index (χ0v) is 16.8. The molecule has 0 N–H and O–H groups in total. The summed E-state index contributed by atoms with van der Waals surface area (Å²) in [5, 5.41) is 7.76. The number of benzene rings is 1. The average molecular weight is 412 g/mol. The lowest BCUT2D eigenvalue weighted by Gasteiger charge is -2.07. The van der Waals surface area contributed by atoms with Gasteiger partial charge in [-0.1, -0.05) is 23.9 Å². The van der Waals surface area contributed by atoms with Crippen molar-refractivity contribution in [1.29, 1.82) is 0 Å². The quantitative estimate of drug-likeness (QED) is 0.495. The Bertz CT molecular complexity index is 1130. The molecule has 1 aromatic heterocycles. The van der Waals surface area contributed by atoms with Gasteiger partial charge in [0.15, 0.2) is 31.0 Å². The molecular formula is C16H20N4O5S2. The maximum Gasteiger partial charge on any atom is 0.192 e. The molecule has 1 heterocycles. The van der Waals surface area contributed by atoms with Crippen LogP contribution in [0.1, 0.15) is 6.92 Å². The summed E-state index contributed by atoms with van der Waals surface area (Å²) >= 11 is 0. The van der Waals surface area contributed by atoms with Crippen LogP contribution in [0.5, 0.6) is 5.75 Å². The van der Waals surface area contributed by atoms with Gasteiger partial charge < -0.3 is 4.74 Å². The zero-order chi connectivity index (χ0) is 20.2. The molecule has 0 saturated carbocycles. The van der Waals surface area contributed by atoms with Crippen LogP contribution >= 0.6 is 0 Å². The molecule has 146 valence electrons. The number of hydrogen-bond acceptors (Lipinski definition) is 8. The Morgan fingerprint density at radius 2 is 2.00 bits per heavy atom. The summed E-state index contributed by atoms with van der Waals surface area (Å²) in [5.74, 6) is 0.449. The van der Waals surface area contributed by atoms with Gasteiger partial charge in [-0.25, -0.2) is 21.8 Å². The molecule has 0 unspecified atom stereocenters. The van der Waals surface area contributed by atoms with E-state index in [2.05, 4.69) is 21.9 Å². The SMILES string of the molecule is C=C(/N=C(\C=C/C)n1nnc2c(OCCS(C)(=O)=O)cccc21)S(C)(=O)=O. The molecule has 2 rings (SSSR count). The Hall–Kier alpha value is -2.53. The van der Waals surface area contributed by atoms with Crippen LogP contribution in [0.15, 0.2) is 47.0 Å². The predicted molar refractivity (Wildman–Crippen MR) is 104 cm³/mol. The van der Waals surface area contributed by atoms with Gasteiger partial charge in [0, 0.05) is 12.5 Å². The highest BCUT2D eigenvalue weighted by atomic mass is 32.2. The number of hydrogen-bond donors (Lipinski definition) is 0. The molecule has 0 atom stereocenters. The highest BCUT2D eigenvalue weighted by Crippen LogP contribution is 2.23. The summed E-state index contributed by atoms with van der Waals surface area (Å²) in [6.45, 7) is 5.19. The number of nitrogens with zero attached hydrogens (tertiary/aromatic N) is 4. The first-order valence-electron chi connectivity index (χ1n) is 7.78. The van der Waals surface area contributed by atoms with Crippen LogP contribution in [0.3, 0.4) is 0 Å². The molecule has 27 heavy (non-hydrogen) atoms. The normalized spacial score (nSPS) is 13.4. The van der Waals surface area contributed by atoms with Crippen LogP contribution in [-0.2, 0) is 19.7 Å². The maximum atomic E-state index is 11.6. The van der Waals surface area contributed by atoms with E-state index in [0.29, 0.717) is 16.8 Å². The summed E-state index contributed by atoms with van der Waals surface area (Å²) < 4.78 is 52.6. The van der Waals surface area contributed by atoms with Crippen molar-refractivity contribution in [3.8, 4) is 5.75 Å². The second-order valence-electron chi connectivity index (χ2n) is 5.74. The van der Waals surface area contributed by atoms with Gasteiger partial charge in [-0.3, -0.25) is 0 Å². The van der Waals surface area contributed by atoms with Crippen LogP contribution in [0, 0.1) is 0 Å². The predicted octanol–water partition coefficient (Wildman–Crippen LogP) is 1.19. The Labute approximate surface area is 157 Å². The largest absolute Gasteiger partial charge is 0.490 e. The van der Waals surface area contributed by atoms with Crippen molar-refractivity contribution in [2.45, 2.75) is 6.92 Å². The number of ether oxygens (including phenoxy) is 1. The first-order chi connectivity index (χ1) is 12.5. The van der Waals surface area contributed by atoms with E-state index in [4.69, 9.17) is 4.74 Å². The number of rotatable bonds is 7. The Morgan fingerprint density at radius 3 is 2.59 bits per heavy atom. The van der Waals surface area contributed by atoms with Gasteiger partial charge in [0.05, 0.1) is 5.75 Å². The molecule has 9 nitrogen and oxygen atoms in total. The fraction of sp³-hybridized carbons (Fsp3) is 0.312. The van der Waals surface area contributed by atoms with E-state index in [1.165, 1.54) is 4.68 Å². The summed E-state index contributed by atoms with van der Waals surface area (Å²) in [6.07, 6.45) is 5.39. The first-order valence-corrected chi connectivity index (χ1v) is 11.7. The van der Waals surface area contributed by atoms with Gasteiger partial charge in [0.2, 0.25) is 0 Å². The van der Waals surface area contributed by atoms with E-state index in [1.807, 2.05) is 0 Å². The van der Waals surface area contributed by atoms with E-state index < -0.39 is 19.7 Å². The third kappa shape index (κ3) is 5.47. The number of allylic oxidation sites excluding steroid dienone is 2. The van der Waals surface area contributed by atoms with Crippen LogP contribution in [0.25, 0.3) is 11.0 Å². The summed E-state index contributed by atoms with van der Waals surface area (Å²) in [4.78, 5) is 4.04. The van der Waals surface area contributed by atoms with Crippen LogP contribution < -0.4 is 4.74 Å². The monoisotopic (exact) mass is 412 g/mol. The van der Waals surface area contributed by atoms with Gasteiger partial charge in [0.25, 0.3) is 0 Å². The van der Waals surface area contributed by atoms with Gasteiger partial charge in [-0.15, -0.1) is 5.10 Å². The van der Waals surface area contributed by atoms with Crippen LogP contribution in [0.2, 0.25) is 0 Å². The smallest absolute Gasteiger partial charge is 0.192 e. The molecule has 0 aliphatic rings. The second-order valence-corrected chi connectivity index (χ2v) is 10.0. The lowest BCUT2D eigenvalue weighted by molar-refractivity contribution is 0.344. The van der Waals surface area contributed by atoms with Gasteiger partial charge in [0.1, 0.15) is 22.9 Å².